The van der Waals surface area contributed by atoms with E-state index in [1.165, 1.54) is 6.07 Å². The first-order valence-electron chi connectivity index (χ1n) is 5.35. The lowest BCUT2D eigenvalue weighted by Crippen LogP contribution is -2.36. The first kappa shape index (κ1) is 15.2. The van der Waals surface area contributed by atoms with Gasteiger partial charge >= 0.3 is 0 Å². The Morgan fingerprint density at radius 1 is 1.44 bits per heavy atom. The molecule has 0 aliphatic rings. The number of hydrogen-bond acceptors (Lipinski definition) is 1. The molecule has 100 valence electrons. The average Bonchev–Trinajstić information content (AvgIpc) is 2.27. The van der Waals surface area contributed by atoms with Crippen LogP contribution in [0.15, 0.2) is 18.2 Å². The Hall–Kier alpha value is -0.870. The SMILES string of the molecule is Cc1cc(Cl)ccc1C(=O)N(CCCl)CC(F)F. The maximum atomic E-state index is 12.4. The molecule has 1 rings (SSSR count). The Balaban J connectivity index is 2.94. The molecule has 0 aliphatic carbocycles. The van der Waals surface area contributed by atoms with Crippen LogP contribution in [0.1, 0.15) is 15.9 Å². The van der Waals surface area contributed by atoms with Gasteiger partial charge < -0.3 is 4.90 Å². The summed E-state index contributed by atoms with van der Waals surface area (Å²) in [6.07, 6.45) is -2.58. The van der Waals surface area contributed by atoms with Crippen molar-refractivity contribution in [2.75, 3.05) is 19.0 Å². The maximum absolute atomic E-state index is 12.4. The third-order valence-corrected chi connectivity index (χ3v) is 2.82. The number of rotatable bonds is 5. The number of nitrogens with zero attached hydrogens (tertiary/aromatic N) is 1. The molecule has 0 fully saturated rings. The lowest BCUT2D eigenvalue weighted by molar-refractivity contribution is 0.0570. The van der Waals surface area contributed by atoms with Crippen molar-refractivity contribution in [3.63, 3.8) is 0 Å². The summed E-state index contributed by atoms with van der Waals surface area (Å²) >= 11 is 11.3. The van der Waals surface area contributed by atoms with Crippen molar-refractivity contribution in [3.05, 3.63) is 34.3 Å². The second-order valence-electron chi connectivity index (χ2n) is 3.79. The monoisotopic (exact) mass is 295 g/mol. The van der Waals surface area contributed by atoms with Gasteiger partial charge in [0.1, 0.15) is 0 Å². The van der Waals surface area contributed by atoms with Gasteiger partial charge in [-0.2, -0.15) is 0 Å². The van der Waals surface area contributed by atoms with Gasteiger partial charge in [-0.1, -0.05) is 11.6 Å². The van der Waals surface area contributed by atoms with Gasteiger partial charge in [0, 0.05) is 23.0 Å². The predicted octanol–water partition coefficient (Wildman–Crippen LogP) is 3.59. The minimum atomic E-state index is -2.58. The Bertz CT molecular complexity index is 427. The maximum Gasteiger partial charge on any atom is 0.255 e. The summed E-state index contributed by atoms with van der Waals surface area (Å²) in [5.74, 6) is -0.337. The van der Waals surface area contributed by atoms with Gasteiger partial charge in [-0.05, 0) is 30.7 Å². The topological polar surface area (TPSA) is 20.3 Å². The van der Waals surface area contributed by atoms with Gasteiger partial charge in [0.25, 0.3) is 12.3 Å². The number of carbonyl (C=O) groups is 1. The summed E-state index contributed by atoms with van der Waals surface area (Å²) in [7, 11) is 0. The smallest absolute Gasteiger partial charge is 0.255 e. The highest BCUT2D eigenvalue weighted by atomic mass is 35.5. The predicted molar refractivity (Wildman–Crippen MR) is 68.8 cm³/mol. The fraction of sp³-hybridized carbons (Fsp3) is 0.417. The van der Waals surface area contributed by atoms with Crippen LogP contribution >= 0.6 is 23.2 Å². The van der Waals surface area contributed by atoms with Gasteiger partial charge in [0.05, 0.1) is 6.54 Å². The van der Waals surface area contributed by atoms with Crippen molar-refractivity contribution in [2.45, 2.75) is 13.3 Å². The Kier molecular flexibility index (Phi) is 5.82. The van der Waals surface area contributed by atoms with Crippen LogP contribution in [0, 0.1) is 6.92 Å². The van der Waals surface area contributed by atoms with Gasteiger partial charge in [-0.25, -0.2) is 8.78 Å². The number of aryl methyl sites for hydroxylation is 1. The molecule has 0 bridgehead atoms. The second kappa shape index (κ2) is 6.90. The molecule has 1 aromatic rings. The molecular weight excluding hydrogens is 283 g/mol. The van der Waals surface area contributed by atoms with Crippen molar-refractivity contribution in [1.82, 2.24) is 4.90 Å². The summed E-state index contributed by atoms with van der Waals surface area (Å²) in [6.45, 7) is 1.18. The second-order valence-corrected chi connectivity index (χ2v) is 4.60. The molecule has 0 heterocycles. The zero-order chi connectivity index (χ0) is 13.7. The Morgan fingerprint density at radius 2 is 2.11 bits per heavy atom. The standard InChI is InChI=1S/C12H13Cl2F2NO/c1-8-6-9(14)2-3-10(8)12(18)17(5-4-13)7-11(15)16/h2-3,6,11H,4-5,7H2,1H3. The van der Waals surface area contributed by atoms with Gasteiger partial charge in [-0.15, -0.1) is 11.6 Å². The summed E-state index contributed by atoms with van der Waals surface area (Å²) in [5, 5.41) is 0.502. The molecule has 1 amide bonds. The molecule has 0 saturated heterocycles. The van der Waals surface area contributed by atoms with Gasteiger partial charge in [0.15, 0.2) is 0 Å². The molecule has 2 nitrogen and oxygen atoms in total. The fourth-order valence-electron chi connectivity index (χ4n) is 1.58. The van der Waals surface area contributed by atoms with Crippen LogP contribution in [0.5, 0.6) is 0 Å². The normalized spacial score (nSPS) is 10.8. The first-order valence-corrected chi connectivity index (χ1v) is 6.26. The number of amides is 1. The van der Waals surface area contributed by atoms with Crippen LogP contribution in [0.4, 0.5) is 8.78 Å². The molecule has 0 unspecified atom stereocenters. The minimum Gasteiger partial charge on any atom is -0.332 e. The first-order chi connectivity index (χ1) is 8.45. The summed E-state index contributed by atoms with van der Waals surface area (Å²) in [4.78, 5) is 13.1. The summed E-state index contributed by atoms with van der Waals surface area (Å²) in [6, 6.07) is 4.71. The minimum absolute atomic E-state index is 0.0901. The zero-order valence-corrected chi connectivity index (χ0v) is 11.3. The van der Waals surface area contributed by atoms with Crippen LogP contribution in [-0.4, -0.2) is 36.2 Å². The van der Waals surface area contributed by atoms with E-state index in [2.05, 4.69) is 0 Å². The van der Waals surface area contributed by atoms with E-state index in [0.29, 0.717) is 16.1 Å². The van der Waals surface area contributed by atoms with E-state index in [0.717, 1.165) is 4.90 Å². The van der Waals surface area contributed by atoms with Crippen LogP contribution in [0.25, 0.3) is 0 Å². The molecule has 0 N–H and O–H groups in total. The quantitative estimate of drug-likeness (QED) is 0.760. The van der Waals surface area contributed by atoms with E-state index in [9.17, 15) is 13.6 Å². The third kappa shape index (κ3) is 4.10. The van der Waals surface area contributed by atoms with Crippen LogP contribution < -0.4 is 0 Å². The number of benzene rings is 1. The van der Waals surface area contributed by atoms with Crippen molar-refractivity contribution in [3.8, 4) is 0 Å². The molecule has 6 heteroatoms. The van der Waals surface area contributed by atoms with Crippen LogP contribution in [0.2, 0.25) is 5.02 Å². The van der Waals surface area contributed by atoms with Crippen LogP contribution in [-0.2, 0) is 0 Å². The molecular formula is C12H13Cl2F2NO. The number of hydrogen-bond donors (Lipinski definition) is 0. The molecule has 0 aliphatic heterocycles. The van der Waals surface area contributed by atoms with E-state index >= 15 is 0 Å². The number of halogens is 4. The highest BCUT2D eigenvalue weighted by molar-refractivity contribution is 6.30. The molecule has 0 aromatic heterocycles. The zero-order valence-electron chi connectivity index (χ0n) is 9.80. The highest BCUT2D eigenvalue weighted by Gasteiger charge is 2.20. The molecule has 1 aromatic carbocycles. The Labute approximate surface area is 114 Å². The van der Waals surface area contributed by atoms with Gasteiger partial charge in [0.2, 0.25) is 0 Å². The Morgan fingerprint density at radius 3 is 2.61 bits per heavy atom. The molecule has 0 atom stereocenters. The largest absolute Gasteiger partial charge is 0.332 e. The summed E-state index contributed by atoms with van der Waals surface area (Å²) in [5.41, 5.74) is 1.02. The highest BCUT2D eigenvalue weighted by Crippen LogP contribution is 2.17. The van der Waals surface area contributed by atoms with E-state index in [4.69, 9.17) is 23.2 Å². The summed E-state index contributed by atoms with van der Waals surface area (Å²) < 4.78 is 24.8. The number of carbonyl (C=O) groups excluding carboxylic acids is 1. The van der Waals surface area contributed by atoms with E-state index < -0.39 is 18.9 Å². The van der Waals surface area contributed by atoms with Crippen molar-refractivity contribution < 1.29 is 13.6 Å². The van der Waals surface area contributed by atoms with Crippen LogP contribution in [0.3, 0.4) is 0 Å². The molecule has 0 radical (unpaired) electrons. The third-order valence-electron chi connectivity index (χ3n) is 2.42. The van der Waals surface area contributed by atoms with Crippen molar-refractivity contribution in [2.24, 2.45) is 0 Å². The fourth-order valence-corrected chi connectivity index (χ4v) is 2.01. The lowest BCUT2D eigenvalue weighted by atomic mass is 10.1. The van der Waals surface area contributed by atoms with Crippen molar-refractivity contribution in [1.29, 1.82) is 0 Å². The van der Waals surface area contributed by atoms with E-state index in [1.807, 2.05) is 0 Å². The molecule has 0 saturated carbocycles. The van der Waals surface area contributed by atoms with E-state index in [-0.39, 0.29) is 12.4 Å². The van der Waals surface area contributed by atoms with Crippen molar-refractivity contribution >= 4 is 29.1 Å². The molecule has 18 heavy (non-hydrogen) atoms. The average molecular weight is 296 g/mol. The molecule has 0 spiro atoms. The number of alkyl halides is 3. The van der Waals surface area contributed by atoms with E-state index in [1.54, 1.807) is 19.1 Å². The lowest BCUT2D eigenvalue weighted by Gasteiger charge is -2.22. The van der Waals surface area contributed by atoms with Gasteiger partial charge in [-0.3, -0.25) is 4.79 Å².